The highest BCUT2D eigenvalue weighted by Crippen LogP contribution is 2.17. The number of aryl methyl sites for hydroxylation is 1. The van der Waals surface area contributed by atoms with Gasteiger partial charge in [-0.05, 0) is 35.7 Å². The Morgan fingerprint density at radius 2 is 1.74 bits per heavy atom. The van der Waals surface area contributed by atoms with E-state index in [0.717, 1.165) is 16.8 Å². The van der Waals surface area contributed by atoms with Crippen molar-refractivity contribution in [2.45, 2.75) is 19.3 Å². The number of halogens is 1. The number of rotatable bonds is 6. The van der Waals surface area contributed by atoms with Crippen LogP contribution in [0.15, 0.2) is 48.5 Å². The molecule has 1 N–H and O–H groups in total. The summed E-state index contributed by atoms with van der Waals surface area (Å²) in [4.78, 5) is 26.2. The number of nitrogens with one attached hydrogen (secondary N) is 1. The maximum Gasteiger partial charge on any atom is 0.227 e. The number of ether oxygens (including phenoxy) is 1. The number of carbonyl (C=O) groups is 2. The van der Waals surface area contributed by atoms with Crippen molar-refractivity contribution in [3.05, 3.63) is 64.7 Å². The van der Waals surface area contributed by atoms with Crippen LogP contribution in [-0.4, -0.2) is 43.0 Å². The normalized spacial score (nSPS) is 14.0. The van der Waals surface area contributed by atoms with Crippen LogP contribution >= 0.6 is 11.6 Å². The Morgan fingerprint density at radius 1 is 1.04 bits per heavy atom. The summed E-state index contributed by atoms with van der Waals surface area (Å²) in [6.07, 6.45) is 1.32. The van der Waals surface area contributed by atoms with Crippen molar-refractivity contribution in [1.82, 2.24) is 4.90 Å². The van der Waals surface area contributed by atoms with Gasteiger partial charge in [0.05, 0.1) is 19.6 Å². The minimum absolute atomic E-state index is 0.0629. The van der Waals surface area contributed by atoms with Gasteiger partial charge in [0.2, 0.25) is 11.8 Å². The first-order valence-corrected chi connectivity index (χ1v) is 9.47. The van der Waals surface area contributed by atoms with Crippen LogP contribution in [-0.2, 0) is 27.2 Å². The second kappa shape index (κ2) is 9.53. The Balaban J connectivity index is 1.47. The van der Waals surface area contributed by atoms with Gasteiger partial charge in [0.1, 0.15) is 0 Å². The van der Waals surface area contributed by atoms with E-state index >= 15 is 0 Å². The third-order valence-corrected chi connectivity index (χ3v) is 4.90. The van der Waals surface area contributed by atoms with Gasteiger partial charge in [0.15, 0.2) is 0 Å². The maximum atomic E-state index is 12.3. The molecule has 2 aromatic carbocycles. The van der Waals surface area contributed by atoms with Gasteiger partial charge in [-0.3, -0.25) is 9.59 Å². The first-order valence-electron chi connectivity index (χ1n) is 9.09. The Morgan fingerprint density at radius 3 is 2.44 bits per heavy atom. The van der Waals surface area contributed by atoms with Crippen LogP contribution in [0, 0.1) is 0 Å². The predicted molar refractivity (Wildman–Crippen MR) is 106 cm³/mol. The van der Waals surface area contributed by atoms with E-state index in [1.54, 1.807) is 0 Å². The number of carbonyl (C=O) groups excluding carboxylic acids is 2. The molecule has 0 atom stereocenters. The summed E-state index contributed by atoms with van der Waals surface area (Å²) in [5.41, 5.74) is 2.62. The minimum Gasteiger partial charge on any atom is -0.378 e. The van der Waals surface area contributed by atoms with Gasteiger partial charge in [-0.25, -0.2) is 0 Å². The molecule has 1 aliphatic heterocycles. The van der Waals surface area contributed by atoms with E-state index in [2.05, 4.69) is 5.32 Å². The lowest BCUT2D eigenvalue weighted by atomic mass is 10.1. The van der Waals surface area contributed by atoms with Gasteiger partial charge in [-0.15, -0.1) is 0 Å². The van der Waals surface area contributed by atoms with Crippen molar-refractivity contribution in [2.24, 2.45) is 0 Å². The van der Waals surface area contributed by atoms with E-state index in [1.165, 1.54) is 0 Å². The van der Waals surface area contributed by atoms with Crippen molar-refractivity contribution in [1.29, 1.82) is 0 Å². The smallest absolute Gasteiger partial charge is 0.227 e. The predicted octanol–water partition coefficient (Wildman–Crippen LogP) is 3.31. The minimum atomic E-state index is -0.0629. The van der Waals surface area contributed by atoms with Crippen LogP contribution < -0.4 is 5.32 Å². The SMILES string of the molecule is O=C(CCc1ccccc1Cl)Nc1ccc(CC(=O)N2CCOCC2)cc1. The van der Waals surface area contributed by atoms with E-state index in [-0.39, 0.29) is 11.8 Å². The van der Waals surface area contributed by atoms with Crippen LogP contribution in [0.3, 0.4) is 0 Å². The molecule has 1 aliphatic rings. The van der Waals surface area contributed by atoms with Gasteiger partial charge in [-0.2, -0.15) is 0 Å². The summed E-state index contributed by atoms with van der Waals surface area (Å²) in [5, 5.41) is 3.56. The summed E-state index contributed by atoms with van der Waals surface area (Å²) in [6.45, 7) is 2.51. The molecule has 0 aliphatic carbocycles. The Kier molecular flexibility index (Phi) is 6.85. The van der Waals surface area contributed by atoms with Crippen molar-refractivity contribution >= 4 is 29.1 Å². The molecule has 1 saturated heterocycles. The lowest BCUT2D eigenvalue weighted by Crippen LogP contribution is -2.41. The van der Waals surface area contributed by atoms with E-state index in [4.69, 9.17) is 16.3 Å². The summed E-state index contributed by atoms with van der Waals surface area (Å²) in [5.74, 6) is 0.0434. The second-order valence-electron chi connectivity index (χ2n) is 6.51. The number of amides is 2. The number of morpholine rings is 1. The van der Waals surface area contributed by atoms with E-state index in [9.17, 15) is 9.59 Å². The van der Waals surface area contributed by atoms with Crippen LogP contribution in [0.5, 0.6) is 0 Å². The van der Waals surface area contributed by atoms with Gasteiger partial charge in [0, 0.05) is 30.2 Å². The fourth-order valence-electron chi connectivity index (χ4n) is 2.98. The van der Waals surface area contributed by atoms with Crippen LogP contribution in [0.2, 0.25) is 5.02 Å². The number of hydrogen-bond donors (Lipinski definition) is 1. The van der Waals surface area contributed by atoms with E-state index in [1.807, 2.05) is 53.4 Å². The molecule has 0 spiro atoms. The zero-order valence-electron chi connectivity index (χ0n) is 15.1. The topological polar surface area (TPSA) is 58.6 Å². The zero-order valence-corrected chi connectivity index (χ0v) is 15.9. The van der Waals surface area contributed by atoms with Crippen LogP contribution in [0.4, 0.5) is 5.69 Å². The molecule has 27 heavy (non-hydrogen) atoms. The average Bonchev–Trinajstić information content (AvgIpc) is 2.69. The highest BCUT2D eigenvalue weighted by Gasteiger charge is 2.16. The largest absolute Gasteiger partial charge is 0.378 e. The van der Waals surface area contributed by atoms with E-state index in [0.29, 0.717) is 50.6 Å². The molecule has 3 rings (SSSR count). The van der Waals surface area contributed by atoms with Gasteiger partial charge in [0.25, 0.3) is 0 Å². The van der Waals surface area contributed by atoms with Crippen molar-refractivity contribution in [3.63, 3.8) is 0 Å². The molecule has 6 heteroatoms. The maximum absolute atomic E-state index is 12.3. The monoisotopic (exact) mass is 386 g/mol. The first kappa shape index (κ1) is 19.4. The molecule has 2 aromatic rings. The molecule has 1 fully saturated rings. The molecule has 1 heterocycles. The van der Waals surface area contributed by atoms with Gasteiger partial charge in [-0.1, -0.05) is 41.9 Å². The third kappa shape index (κ3) is 5.81. The van der Waals surface area contributed by atoms with Crippen molar-refractivity contribution in [2.75, 3.05) is 31.6 Å². The fraction of sp³-hybridized carbons (Fsp3) is 0.333. The molecule has 5 nitrogen and oxygen atoms in total. The Bertz CT molecular complexity index is 786. The number of hydrogen-bond acceptors (Lipinski definition) is 3. The fourth-order valence-corrected chi connectivity index (χ4v) is 3.21. The zero-order chi connectivity index (χ0) is 19.1. The first-order chi connectivity index (χ1) is 13.1. The Hall–Kier alpha value is -2.37. The molecule has 2 amide bonds. The molecule has 0 saturated carbocycles. The summed E-state index contributed by atoms with van der Waals surface area (Å²) in [6, 6.07) is 14.9. The lowest BCUT2D eigenvalue weighted by molar-refractivity contribution is -0.134. The van der Waals surface area contributed by atoms with Gasteiger partial charge >= 0.3 is 0 Å². The molecule has 0 unspecified atom stereocenters. The molecular weight excluding hydrogens is 364 g/mol. The van der Waals surface area contributed by atoms with E-state index < -0.39 is 0 Å². The second-order valence-corrected chi connectivity index (χ2v) is 6.91. The van der Waals surface area contributed by atoms with Crippen molar-refractivity contribution < 1.29 is 14.3 Å². The molecule has 0 aromatic heterocycles. The lowest BCUT2D eigenvalue weighted by Gasteiger charge is -2.26. The Labute approximate surface area is 164 Å². The molecular formula is C21H23ClN2O3. The third-order valence-electron chi connectivity index (χ3n) is 4.54. The highest BCUT2D eigenvalue weighted by molar-refractivity contribution is 6.31. The number of anilines is 1. The van der Waals surface area contributed by atoms with Crippen LogP contribution in [0.1, 0.15) is 17.5 Å². The summed E-state index contributed by atoms with van der Waals surface area (Å²) in [7, 11) is 0. The summed E-state index contributed by atoms with van der Waals surface area (Å²) < 4.78 is 5.27. The standard InChI is InChI=1S/C21H23ClN2O3/c22-19-4-2-1-3-17(19)7-10-20(25)23-18-8-5-16(6-9-18)15-21(26)24-11-13-27-14-12-24/h1-6,8-9H,7,10-15H2,(H,23,25). The van der Waals surface area contributed by atoms with Crippen LogP contribution in [0.25, 0.3) is 0 Å². The van der Waals surface area contributed by atoms with Gasteiger partial charge < -0.3 is 15.0 Å². The van der Waals surface area contributed by atoms with Crippen molar-refractivity contribution in [3.8, 4) is 0 Å². The number of nitrogens with zero attached hydrogens (tertiary/aromatic N) is 1. The highest BCUT2D eigenvalue weighted by atomic mass is 35.5. The molecule has 142 valence electrons. The number of benzene rings is 2. The quantitative estimate of drug-likeness (QED) is 0.828. The molecule has 0 radical (unpaired) electrons. The average molecular weight is 387 g/mol. The molecule has 0 bridgehead atoms. The summed E-state index contributed by atoms with van der Waals surface area (Å²) >= 11 is 6.11.